The van der Waals surface area contributed by atoms with Gasteiger partial charge in [-0.3, -0.25) is 9.59 Å². The van der Waals surface area contributed by atoms with E-state index in [4.69, 9.17) is 10.5 Å². The Balaban J connectivity index is 1.93. The lowest BCUT2D eigenvalue weighted by molar-refractivity contribution is -0.140. The van der Waals surface area contributed by atoms with Crippen LogP contribution in [0.25, 0.3) is 10.7 Å². The van der Waals surface area contributed by atoms with Crippen LogP contribution in [0.2, 0.25) is 0 Å². The molecule has 0 aromatic carbocycles. The van der Waals surface area contributed by atoms with Crippen molar-refractivity contribution in [3.8, 4) is 10.7 Å². The molecule has 11 heteroatoms. The van der Waals surface area contributed by atoms with Crippen molar-refractivity contribution in [1.29, 1.82) is 0 Å². The summed E-state index contributed by atoms with van der Waals surface area (Å²) in [5.74, 6) is -0.803. The second kappa shape index (κ2) is 7.22. The number of ether oxygens (including phenoxy) is 1. The van der Waals surface area contributed by atoms with E-state index in [2.05, 4.69) is 9.97 Å². The molecule has 0 saturated carbocycles. The van der Waals surface area contributed by atoms with Crippen molar-refractivity contribution in [2.75, 3.05) is 13.7 Å². The molecule has 2 amide bonds. The van der Waals surface area contributed by atoms with Gasteiger partial charge in [0.25, 0.3) is 11.8 Å². The fourth-order valence-electron chi connectivity index (χ4n) is 2.69. The van der Waals surface area contributed by atoms with Crippen LogP contribution in [0.3, 0.4) is 0 Å². The largest absolute Gasteiger partial charge is 0.464 e. The first kappa shape index (κ1) is 18.0. The molecule has 1 aliphatic heterocycles. The number of carbonyl (C=O) groups excluding carboxylic acids is 2. The Morgan fingerprint density at radius 1 is 1.50 bits per heavy atom. The minimum Gasteiger partial charge on any atom is -0.464 e. The number of hydrogen-bond donors (Lipinski definition) is 2. The SMILES string of the molecule is CN(Cc1nc(C(N)=O)sc1-c1nccn1C(=O)O)C(=O)[C@H]1CCCO1. The molecule has 0 aliphatic carbocycles. The third-order valence-electron chi connectivity index (χ3n) is 3.93. The van der Waals surface area contributed by atoms with Crippen LogP contribution in [0.5, 0.6) is 0 Å². The fourth-order valence-corrected chi connectivity index (χ4v) is 3.61. The molecular formula is C15H17N5O5S. The Bertz CT molecular complexity index is 854. The van der Waals surface area contributed by atoms with Gasteiger partial charge in [-0.1, -0.05) is 0 Å². The molecule has 1 atom stereocenters. The molecule has 0 spiro atoms. The monoisotopic (exact) mass is 379 g/mol. The van der Waals surface area contributed by atoms with Crippen LogP contribution in [0.1, 0.15) is 28.3 Å². The number of imidazole rings is 1. The lowest BCUT2D eigenvalue weighted by Crippen LogP contribution is -2.35. The molecule has 10 nitrogen and oxygen atoms in total. The minimum absolute atomic E-state index is 0.0212. The van der Waals surface area contributed by atoms with Crippen molar-refractivity contribution >= 4 is 29.2 Å². The summed E-state index contributed by atoms with van der Waals surface area (Å²) in [5.41, 5.74) is 5.66. The Labute approximate surface area is 152 Å². The van der Waals surface area contributed by atoms with Crippen LogP contribution >= 0.6 is 11.3 Å². The number of amides is 2. The summed E-state index contributed by atoms with van der Waals surface area (Å²) < 4.78 is 6.31. The van der Waals surface area contributed by atoms with E-state index in [0.29, 0.717) is 23.6 Å². The van der Waals surface area contributed by atoms with Crippen LogP contribution in [-0.2, 0) is 16.1 Å². The highest BCUT2D eigenvalue weighted by Crippen LogP contribution is 2.30. The van der Waals surface area contributed by atoms with Gasteiger partial charge in [0.2, 0.25) is 0 Å². The van der Waals surface area contributed by atoms with Gasteiger partial charge >= 0.3 is 6.09 Å². The van der Waals surface area contributed by atoms with Gasteiger partial charge in [-0.25, -0.2) is 19.3 Å². The number of carbonyl (C=O) groups is 3. The average Bonchev–Trinajstić information content (AvgIpc) is 3.33. The van der Waals surface area contributed by atoms with Crippen molar-refractivity contribution in [3.63, 3.8) is 0 Å². The van der Waals surface area contributed by atoms with Gasteiger partial charge in [0.1, 0.15) is 6.10 Å². The van der Waals surface area contributed by atoms with Crippen LogP contribution < -0.4 is 5.73 Å². The third-order valence-corrected chi connectivity index (χ3v) is 5.03. The topological polar surface area (TPSA) is 141 Å². The molecule has 3 heterocycles. The number of hydrogen-bond acceptors (Lipinski definition) is 7. The molecule has 2 aromatic heterocycles. The number of thiazole rings is 1. The highest BCUT2D eigenvalue weighted by molar-refractivity contribution is 7.17. The van der Waals surface area contributed by atoms with Gasteiger partial charge < -0.3 is 20.5 Å². The predicted molar refractivity (Wildman–Crippen MR) is 90.7 cm³/mol. The Kier molecular flexibility index (Phi) is 5.00. The summed E-state index contributed by atoms with van der Waals surface area (Å²) in [4.78, 5) is 45.3. The summed E-state index contributed by atoms with van der Waals surface area (Å²) >= 11 is 0.941. The van der Waals surface area contributed by atoms with Crippen molar-refractivity contribution < 1.29 is 24.2 Å². The summed E-state index contributed by atoms with van der Waals surface area (Å²) in [6.45, 7) is 0.623. The van der Waals surface area contributed by atoms with E-state index in [9.17, 15) is 19.5 Å². The van der Waals surface area contributed by atoms with Crippen molar-refractivity contribution in [2.45, 2.75) is 25.5 Å². The normalized spacial score (nSPS) is 16.6. The Hall–Kier alpha value is -2.79. The molecule has 1 saturated heterocycles. The van der Waals surface area contributed by atoms with Crippen LogP contribution in [0, 0.1) is 0 Å². The smallest absolute Gasteiger partial charge is 0.417 e. The molecule has 3 N–H and O–H groups in total. The second-order valence-corrected chi connectivity index (χ2v) is 6.76. The quantitative estimate of drug-likeness (QED) is 0.781. The third kappa shape index (κ3) is 3.44. The highest BCUT2D eigenvalue weighted by atomic mass is 32.1. The number of likely N-dealkylation sites (N-methyl/N-ethyl adjacent to an activating group) is 1. The van der Waals surface area contributed by atoms with E-state index in [1.807, 2.05) is 0 Å². The fraction of sp³-hybridized carbons (Fsp3) is 0.400. The van der Waals surface area contributed by atoms with Gasteiger partial charge in [0.15, 0.2) is 10.8 Å². The minimum atomic E-state index is -1.22. The van der Waals surface area contributed by atoms with E-state index in [1.165, 1.54) is 17.3 Å². The van der Waals surface area contributed by atoms with Gasteiger partial charge in [-0.2, -0.15) is 0 Å². The highest BCUT2D eigenvalue weighted by Gasteiger charge is 2.29. The maximum Gasteiger partial charge on any atom is 0.417 e. The van der Waals surface area contributed by atoms with Gasteiger partial charge in [0, 0.05) is 26.0 Å². The molecule has 0 radical (unpaired) electrons. The van der Waals surface area contributed by atoms with E-state index < -0.39 is 18.1 Å². The molecule has 0 unspecified atom stereocenters. The van der Waals surface area contributed by atoms with Crippen molar-refractivity contribution in [3.05, 3.63) is 23.1 Å². The maximum absolute atomic E-state index is 12.4. The average molecular weight is 379 g/mol. The van der Waals surface area contributed by atoms with Crippen LogP contribution in [-0.4, -0.2) is 62.2 Å². The molecule has 2 aromatic rings. The first-order chi connectivity index (χ1) is 12.4. The van der Waals surface area contributed by atoms with Gasteiger partial charge in [0.05, 0.1) is 17.1 Å². The molecule has 26 heavy (non-hydrogen) atoms. The van der Waals surface area contributed by atoms with E-state index in [1.54, 1.807) is 7.05 Å². The molecule has 0 bridgehead atoms. The number of nitrogens with zero attached hydrogens (tertiary/aromatic N) is 4. The van der Waals surface area contributed by atoms with Gasteiger partial charge in [-0.05, 0) is 12.8 Å². The van der Waals surface area contributed by atoms with E-state index in [0.717, 1.165) is 22.3 Å². The lowest BCUT2D eigenvalue weighted by Gasteiger charge is -2.20. The van der Waals surface area contributed by atoms with Gasteiger partial charge in [-0.15, -0.1) is 11.3 Å². The Morgan fingerprint density at radius 2 is 2.27 bits per heavy atom. The number of nitrogens with two attached hydrogens (primary N) is 1. The molecule has 1 aliphatic rings. The summed E-state index contributed by atoms with van der Waals surface area (Å²) in [7, 11) is 1.60. The zero-order valence-electron chi connectivity index (χ0n) is 13.9. The summed E-state index contributed by atoms with van der Waals surface area (Å²) in [6, 6.07) is 0. The first-order valence-corrected chi connectivity index (χ1v) is 8.63. The second-order valence-electron chi connectivity index (χ2n) is 5.76. The number of aromatic nitrogens is 3. The standard InChI is InChI=1S/C15H17N5O5S/c1-19(14(22)9-3-2-6-25-9)7-8-10(26-13(18-8)11(16)21)12-17-4-5-20(12)15(23)24/h4-5,9H,2-3,6-7H2,1H3,(H2,16,21)(H,23,24)/t9-/m1/s1. The van der Waals surface area contributed by atoms with E-state index in [-0.39, 0.29) is 23.3 Å². The van der Waals surface area contributed by atoms with Crippen molar-refractivity contribution in [1.82, 2.24) is 19.4 Å². The van der Waals surface area contributed by atoms with Crippen LogP contribution in [0.15, 0.2) is 12.4 Å². The zero-order chi connectivity index (χ0) is 18.8. The maximum atomic E-state index is 12.4. The molecular weight excluding hydrogens is 362 g/mol. The molecule has 3 rings (SSSR count). The van der Waals surface area contributed by atoms with E-state index >= 15 is 0 Å². The molecule has 138 valence electrons. The number of primary amides is 1. The van der Waals surface area contributed by atoms with Crippen molar-refractivity contribution in [2.24, 2.45) is 5.73 Å². The lowest BCUT2D eigenvalue weighted by atomic mass is 10.2. The predicted octanol–water partition coefficient (Wildman–Crippen LogP) is 0.769. The van der Waals surface area contributed by atoms with Crippen LogP contribution in [0.4, 0.5) is 4.79 Å². The summed E-state index contributed by atoms with van der Waals surface area (Å²) in [5, 5.41) is 9.29. The number of rotatable bonds is 5. The Morgan fingerprint density at radius 3 is 2.88 bits per heavy atom. The zero-order valence-corrected chi connectivity index (χ0v) is 14.7. The molecule has 1 fully saturated rings. The summed E-state index contributed by atoms with van der Waals surface area (Å²) in [6.07, 6.45) is 2.39. The number of carboxylic acid groups (broad SMARTS) is 1. The first-order valence-electron chi connectivity index (χ1n) is 7.81.